The number of nitrogens with one attached hydrogen (secondary N) is 1. The van der Waals surface area contributed by atoms with Gasteiger partial charge in [0.05, 0.1) is 6.54 Å². The molecule has 0 aliphatic rings. The third kappa shape index (κ3) is 3.23. The molecule has 0 amide bonds. The molecule has 1 unspecified atom stereocenters. The minimum Gasteiger partial charge on any atom is -0.465 e. The average Bonchev–Trinajstić information content (AvgIpc) is 2.82. The van der Waals surface area contributed by atoms with Crippen LogP contribution in [0.5, 0.6) is 0 Å². The van der Waals surface area contributed by atoms with Gasteiger partial charge in [0.2, 0.25) is 0 Å². The van der Waals surface area contributed by atoms with Crippen LogP contribution in [0.1, 0.15) is 42.5 Å². The molecule has 96 valence electrons. The maximum Gasteiger partial charge on any atom is 0.117 e. The fraction of sp³-hybridized carbons (Fsp3) is 0.375. The van der Waals surface area contributed by atoms with E-state index in [-0.39, 0.29) is 0 Å². The first-order chi connectivity index (χ1) is 8.69. The normalized spacial score (nSPS) is 12.6. The molecule has 2 aromatic rings. The van der Waals surface area contributed by atoms with Gasteiger partial charge in [-0.25, -0.2) is 0 Å². The number of hydrogen-bond donors (Lipinski definition) is 1. The predicted octanol–water partition coefficient (Wildman–Crippen LogP) is 4.00. The van der Waals surface area contributed by atoms with Crippen molar-refractivity contribution in [3.8, 4) is 0 Å². The molecular formula is C16H21NO. The van der Waals surface area contributed by atoms with Crippen molar-refractivity contribution in [1.29, 1.82) is 0 Å². The molecule has 0 fully saturated rings. The number of aryl methyl sites for hydroxylation is 2. The van der Waals surface area contributed by atoms with Gasteiger partial charge in [-0.2, -0.15) is 0 Å². The summed E-state index contributed by atoms with van der Waals surface area (Å²) >= 11 is 0. The molecule has 1 heterocycles. The van der Waals surface area contributed by atoms with Crippen molar-refractivity contribution in [1.82, 2.24) is 5.32 Å². The summed E-state index contributed by atoms with van der Waals surface area (Å²) in [6.45, 7) is 7.09. The minimum atomic E-state index is 0.335. The Hall–Kier alpha value is -1.54. The van der Waals surface area contributed by atoms with Crippen LogP contribution in [0.2, 0.25) is 0 Å². The zero-order valence-electron chi connectivity index (χ0n) is 11.4. The van der Waals surface area contributed by atoms with Gasteiger partial charge in [0.1, 0.15) is 11.5 Å². The van der Waals surface area contributed by atoms with Gasteiger partial charge in [0, 0.05) is 6.04 Å². The van der Waals surface area contributed by atoms with Gasteiger partial charge in [-0.1, -0.05) is 31.2 Å². The lowest BCUT2D eigenvalue weighted by molar-refractivity contribution is 0.444. The van der Waals surface area contributed by atoms with E-state index in [0.717, 1.165) is 24.5 Å². The van der Waals surface area contributed by atoms with E-state index in [4.69, 9.17) is 4.42 Å². The van der Waals surface area contributed by atoms with Gasteiger partial charge in [-0.3, -0.25) is 0 Å². The second-order valence-corrected chi connectivity index (χ2v) is 4.71. The van der Waals surface area contributed by atoms with Crippen LogP contribution in [0, 0.1) is 6.92 Å². The Morgan fingerprint density at radius 1 is 1.11 bits per heavy atom. The lowest BCUT2D eigenvalue weighted by atomic mass is 10.1. The van der Waals surface area contributed by atoms with E-state index in [1.54, 1.807) is 0 Å². The molecule has 1 aromatic heterocycles. The molecule has 18 heavy (non-hydrogen) atoms. The van der Waals surface area contributed by atoms with Crippen molar-refractivity contribution in [3.63, 3.8) is 0 Å². The van der Waals surface area contributed by atoms with Crippen LogP contribution >= 0.6 is 0 Å². The summed E-state index contributed by atoms with van der Waals surface area (Å²) < 4.78 is 5.54. The van der Waals surface area contributed by atoms with Crippen molar-refractivity contribution in [3.05, 3.63) is 59.0 Å². The van der Waals surface area contributed by atoms with Gasteiger partial charge in [0.15, 0.2) is 0 Å². The van der Waals surface area contributed by atoms with Crippen molar-refractivity contribution in [2.75, 3.05) is 0 Å². The maximum atomic E-state index is 5.54. The third-order valence-electron chi connectivity index (χ3n) is 3.27. The van der Waals surface area contributed by atoms with E-state index < -0.39 is 0 Å². The second kappa shape index (κ2) is 5.87. The quantitative estimate of drug-likeness (QED) is 0.858. The van der Waals surface area contributed by atoms with Crippen LogP contribution in [-0.2, 0) is 13.0 Å². The number of benzene rings is 1. The standard InChI is InChI=1S/C16H21NO/c1-4-14-6-8-15(9-7-14)13(3)17-11-16-10-5-12(2)18-16/h5-10,13,17H,4,11H2,1-3H3. The maximum absolute atomic E-state index is 5.54. The molecule has 2 rings (SSSR count). The van der Waals surface area contributed by atoms with E-state index in [0.29, 0.717) is 6.04 Å². The number of rotatable bonds is 5. The Kier molecular flexibility index (Phi) is 4.21. The highest BCUT2D eigenvalue weighted by Gasteiger charge is 2.06. The predicted molar refractivity (Wildman–Crippen MR) is 74.5 cm³/mol. The Morgan fingerprint density at radius 3 is 2.39 bits per heavy atom. The summed E-state index contributed by atoms with van der Waals surface area (Å²) in [5, 5.41) is 3.47. The van der Waals surface area contributed by atoms with Gasteiger partial charge in [-0.05, 0) is 43.5 Å². The summed E-state index contributed by atoms with van der Waals surface area (Å²) in [5.74, 6) is 1.95. The molecule has 0 saturated carbocycles. The van der Waals surface area contributed by atoms with Crippen LogP contribution in [0.25, 0.3) is 0 Å². The molecule has 0 aliphatic carbocycles. The Morgan fingerprint density at radius 2 is 1.83 bits per heavy atom. The van der Waals surface area contributed by atoms with Crippen LogP contribution < -0.4 is 5.32 Å². The van der Waals surface area contributed by atoms with Gasteiger partial charge >= 0.3 is 0 Å². The van der Waals surface area contributed by atoms with E-state index in [2.05, 4.69) is 43.4 Å². The monoisotopic (exact) mass is 243 g/mol. The minimum absolute atomic E-state index is 0.335. The molecule has 1 aromatic carbocycles. The summed E-state index contributed by atoms with van der Waals surface area (Å²) in [4.78, 5) is 0. The third-order valence-corrected chi connectivity index (χ3v) is 3.27. The first kappa shape index (κ1) is 12.9. The van der Waals surface area contributed by atoms with Gasteiger partial charge in [-0.15, -0.1) is 0 Å². The van der Waals surface area contributed by atoms with Gasteiger partial charge in [0.25, 0.3) is 0 Å². The molecule has 0 radical (unpaired) electrons. The number of hydrogen-bond acceptors (Lipinski definition) is 2. The average molecular weight is 243 g/mol. The molecule has 0 aliphatic heterocycles. The SMILES string of the molecule is CCc1ccc(C(C)NCc2ccc(C)o2)cc1. The molecule has 0 bridgehead atoms. The van der Waals surface area contributed by atoms with E-state index >= 15 is 0 Å². The lowest BCUT2D eigenvalue weighted by Gasteiger charge is -2.13. The van der Waals surface area contributed by atoms with Crippen LogP contribution in [0.4, 0.5) is 0 Å². The fourth-order valence-corrected chi connectivity index (χ4v) is 1.99. The van der Waals surface area contributed by atoms with Crippen LogP contribution in [-0.4, -0.2) is 0 Å². The summed E-state index contributed by atoms with van der Waals surface area (Å²) in [5.41, 5.74) is 2.70. The molecule has 2 heteroatoms. The van der Waals surface area contributed by atoms with E-state index in [9.17, 15) is 0 Å². The van der Waals surface area contributed by atoms with Crippen molar-refractivity contribution >= 4 is 0 Å². The molecule has 2 nitrogen and oxygen atoms in total. The smallest absolute Gasteiger partial charge is 0.117 e. The van der Waals surface area contributed by atoms with Crippen molar-refractivity contribution < 1.29 is 4.42 Å². The van der Waals surface area contributed by atoms with E-state index in [1.165, 1.54) is 11.1 Å². The van der Waals surface area contributed by atoms with Crippen LogP contribution in [0.3, 0.4) is 0 Å². The molecule has 1 atom stereocenters. The Bertz CT molecular complexity index is 484. The Balaban J connectivity index is 1.92. The van der Waals surface area contributed by atoms with E-state index in [1.807, 2.05) is 19.1 Å². The van der Waals surface area contributed by atoms with Crippen LogP contribution in [0.15, 0.2) is 40.8 Å². The first-order valence-electron chi connectivity index (χ1n) is 6.56. The highest BCUT2D eigenvalue weighted by atomic mass is 16.3. The van der Waals surface area contributed by atoms with Gasteiger partial charge < -0.3 is 9.73 Å². The first-order valence-corrected chi connectivity index (χ1v) is 6.56. The number of furan rings is 1. The largest absolute Gasteiger partial charge is 0.465 e. The zero-order chi connectivity index (χ0) is 13.0. The zero-order valence-corrected chi connectivity index (χ0v) is 11.4. The van der Waals surface area contributed by atoms with Crippen molar-refractivity contribution in [2.24, 2.45) is 0 Å². The molecule has 1 N–H and O–H groups in total. The van der Waals surface area contributed by atoms with Crippen molar-refractivity contribution in [2.45, 2.75) is 39.8 Å². The summed E-state index contributed by atoms with van der Waals surface area (Å²) in [6, 6.07) is 13.1. The second-order valence-electron chi connectivity index (χ2n) is 4.71. The molecular weight excluding hydrogens is 222 g/mol. The highest BCUT2D eigenvalue weighted by molar-refractivity contribution is 5.24. The molecule has 0 spiro atoms. The lowest BCUT2D eigenvalue weighted by Crippen LogP contribution is -2.17. The summed E-state index contributed by atoms with van der Waals surface area (Å²) in [7, 11) is 0. The highest BCUT2D eigenvalue weighted by Crippen LogP contribution is 2.15. The molecule has 0 saturated heterocycles. The fourth-order valence-electron chi connectivity index (χ4n) is 1.99. The topological polar surface area (TPSA) is 25.2 Å². The Labute approximate surface area is 109 Å². The summed E-state index contributed by atoms with van der Waals surface area (Å²) in [6.07, 6.45) is 1.09.